The highest BCUT2D eigenvalue weighted by Crippen LogP contribution is 2.14. The Morgan fingerprint density at radius 2 is 1.92 bits per heavy atom. The van der Waals surface area contributed by atoms with Crippen LogP contribution in [0.2, 0.25) is 0 Å². The number of ether oxygens (including phenoxy) is 1. The second-order valence-corrected chi connectivity index (χ2v) is 6.19. The molecule has 0 radical (unpaired) electrons. The first-order valence-corrected chi connectivity index (χ1v) is 8.54. The molecular weight excluding hydrogens is 318 g/mol. The number of H-pyrrole nitrogens is 1. The maximum absolute atomic E-state index is 12.3. The molecule has 3 rings (SSSR count). The minimum absolute atomic E-state index is 0.133. The number of carbonyl (C=O) groups is 1. The van der Waals surface area contributed by atoms with Crippen LogP contribution in [-0.4, -0.2) is 54.7 Å². The van der Waals surface area contributed by atoms with Crippen LogP contribution in [0.5, 0.6) is 0 Å². The van der Waals surface area contributed by atoms with Gasteiger partial charge in [-0.15, -0.1) is 0 Å². The van der Waals surface area contributed by atoms with Gasteiger partial charge in [-0.3, -0.25) is 14.5 Å². The lowest BCUT2D eigenvalue weighted by molar-refractivity contribution is 0.0204. The molecule has 0 unspecified atom stereocenters. The van der Waals surface area contributed by atoms with Gasteiger partial charge in [0.15, 0.2) is 0 Å². The lowest BCUT2D eigenvalue weighted by Gasteiger charge is -2.32. The molecule has 132 valence electrons. The Balaban J connectivity index is 1.63. The third-order valence-corrected chi connectivity index (χ3v) is 4.47. The predicted molar refractivity (Wildman–Crippen MR) is 96.7 cm³/mol. The van der Waals surface area contributed by atoms with Crippen LogP contribution in [0.15, 0.2) is 47.3 Å². The summed E-state index contributed by atoms with van der Waals surface area (Å²) in [7, 11) is 0. The first-order chi connectivity index (χ1) is 12.1. The van der Waals surface area contributed by atoms with Crippen molar-refractivity contribution in [1.82, 2.24) is 15.2 Å². The zero-order chi connectivity index (χ0) is 17.6. The molecule has 0 spiro atoms. The summed E-state index contributed by atoms with van der Waals surface area (Å²) in [6.07, 6.45) is 0. The lowest BCUT2D eigenvalue weighted by Crippen LogP contribution is -2.47. The number of aromatic nitrogens is 1. The number of rotatable bonds is 5. The number of nitrogens with one attached hydrogen (secondary N) is 2. The van der Waals surface area contributed by atoms with Gasteiger partial charge in [-0.1, -0.05) is 30.3 Å². The van der Waals surface area contributed by atoms with Crippen molar-refractivity contribution in [3.8, 4) is 11.3 Å². The fraction of sp³-hybridized carbons (Fsp3) is 0.368. The minimum atomic E-state index is -0.377. The predicted octanol–water partition coefficient (Wildman–Crippen LogP) is 1.49. The van der Waals surface area contributed by atoms with Crippen molar-refractivity contribution >= 4 is 5.91 Å². The molecule has 1 fully saturated rings. The Bertz CT molecular complexity index is 767. The number of nitrogens with zero attached hydrogens (tertiary/aromatic N) is 1. The number of amides is 1. The molecule has 1 aromatic carbocycles. The van der Waals surface area contributed by atoms with E-state index < -0.39 is 0 Å². The minimum Gasteiger partial charge on any atom is -0.379 e. The van der Waals surface area contributed by atoms with E-state index in [1.165, 1.54) is 0 Å². The highest BCUT2D eigenvalue weighted by molar-refractivity contribution is 5.94. The van der Waals surface area contributed by atoms with Gasteiger partial charge in [-0.25, -0.2) is 0 Å². The smallest absolute Gasteiger partial charge is 0.261 e. The lowest BCUT2D eigenvalue weighted by atomic mass is 10.1. The average Bonchev–Trinajstić information content (AvgIpc) is 2.67. The van der Waals surface area contributed by atoms with E-state index in [9.17, 15) is 9.59 Å². The molecule has 6 heteroatoms. The van der Waals surface area contributed by atoms with Gasteiger partial charge < -0.3 is 15.0 Å². The Kier molecular flexibility index (Phi) is 5.63. The molecule has 1 aliphatic heterocycles. The molecule has 1 amide bonds. The van der Waals surface area contributed by atoms with Crippen molar-refractivity contribution in [3.63, 3.8) is 0 Å². The molecule has 2 N–H and O–H groups in total. The summed E-state index contributed by atoms with van der Waals surface area (Å²) >= 11 is 0. The number of benzene rings is 1. The van der Waals surface area contributed by atoms with E-state index in [1.54, 1.807) is 12.1 Å². The highest BCUT2D eigenvalue weighted by atomic mass is 16.5. The van der Waals surface area contributed by atoms with E-state index in [2.05, 4.69) is 22.1 Å². The van der Waals surface area contributed by atoms with E-state index >= 15 is 0 Å². The molecule has 1 aliphatic rings. The number of pyridine rings is 1. The molecule has 2 heterocycles. The zero-order valence-corrected chi connectivity index (χ0v) is 14.3. The van der Waals surface area contributed by atoms with Gasteiger partial charge in [-0.2, -0.15) is 0 Å². The summed E-state index contributed by atoms with van der Waals surface area (Å²) in [6.45, 7) is 5.73. The third-order valence-electron chi connectivity index (χ3n) is 4.47. The number of hydrogen-bond donors (Lipinski definition) is 2. The van der Waals surface area contributed by atoms with Crippen LogP contribution >= 0.6 is 0 Å². The molecule has 25 heavy (non-hydrogen) atoms. The third kappa shape index (κ3) is 4.35. The van der Waals surface area contributed by atoms with Gasteiger partial charge in [0, 0.05) is 31.4 Å². The van der Waals surface area contributed by atoms with Crippen molar-refractivity contribution in [2.75, 3.05) is 32.8 Å². The quantitative estimate of drug-likeness (QED) is 0.864. The van der Waals surface area contributed by atoms with Crippen molar-refractivity contribution in [1.29, 1.82) is 0 Å². The summed E-state index contributed by atoms with van der Waals surface area (Å²) in [5.74, 6) is -0.346. The average molecular weight is 341 g/mol. The van der Waals surface area contributed by atoms with Gasteiger partial charge in [-0.05, 0) is 24.6 Å². The SMILES string of the molecule is C[C@@H](CNC(=O)c1ccc(-c2ccccc2)[nH]c1=O)N1CCOCC1. The first-order valence-electron chi connectivity index (χ1n) is 8.54. The summed E-state index contributed by atoms with van der Waals surface area (Å²) < 4.78 is 5.33. The van der Waals surface area contributed by atoms with Gasteiger partial charge in [0.05, 0.1) is 13.2 Å². The molecule has 0 bridgehead atoms. The molecule has 2 aromatic rings. The Hall–Kier alpha value is -2.44. The standard InChI is InChI=1S/C19H23N3O3/c1-14(22-9-11-25-12-10-22)13-20-18(23)16-7-8-17(21-19(16)24)15-5-3-2-4-6-15/h2-8,14H,9-13H2,1H3,(H,20,23)(H,21,24)/t14-/m0/s1. The van der Waals surface area contributed by atoms with Crippen LogP contribution in [0, 0.1) is 0 Å². The molecule has 1 atom stereocenters. The maximum atomic E-state index is 12.3. The topological polar surface area (TPSA) is 74.4 Å². The van der Waals surface area contributed by atoms with Gasteiger partial charge in [0.25, 0.3) is 11.5 Å². The molecule has 1 saturated heterocycles. The van der Waals surface area contributed by atoms with E-state index in [1.807, 2.05) is 30.3 Å². The second-order valence-electron chi connectivity index (χ2n) is 6.19. The van der Waals surface area contributed by atoms with E-state index in [-0.39, 0.29) is 23.1 Å². The van der Waals surface area contributed by atoms with Crippen molar-refractivity contribution in [2.24, 2.45) is 0 Å². The monoisotopic (exact) mass is 341 g/mol. The number of hydrogen-bond acceptors (Lipinski definition) is 4. The summed E-state index contributed by atoms with van der Waals surface area (Å²) in [5.41, 5.74) is 1.36. The molecular formula is C19H23N3O3. The van der Waals surface area contributed by atoms with E-state index in [4.69, 9.17) is 4.74 Å². The number of morpholine rings is 1. The fourth-order valence-corrected chi connectivity index (χ4v) is 2.92. The van der Waals surface area contributed by atoms with Crippen LogP contribution in [0.3, 0.4) is 0 Å². The highest BCUT2D eigenvalue weighted by Gasteiger charge is 2.18. The number of carbonyl (C=O) groups excluding carboxylic acids is 1. The summed E-state index contributed by atoms with van der Waals surface area (Å²) in [4.78, 5) is 29.6. The first kappa shape index (κ1) is 17.4. The largest absolute Gasteiger partial charge is 0.379 e. The Morgan fingerprint density at radius 3 is 2.60 bits per heavy atom. The van der Waals surface area contributed by atoms with Gasteiger partial charge >= 0.3 is 0 Å². The summed E-state index contributed by atoms with van der Waals surface area (Å²) in [5, 5.41) is 2.85. The summed E-state index contributed by atoms with van der Waals surface area (Å²) in [6, 6.07) is 13.1. The second kappa shape index (κ2) is 8.09. The normalized spacial score (nSPS) is 16.4. The van der Waals surface area contributed by atoms with Gasteiger partial charge in [0.2, 0.25) is 0 Å². The van der Waals surface area contributed by atoms with Crippen molar-refractivity contribution < 1.29 is 9.53 Å². The van der Waals surface area contributed by atoms with Crippen molar-refractivity contribution in [2.45, 2.75) is 13.0 Å². The Labute approximate surface area is 146 Å². The van der Waals surface area contributed by atoms with Crippen LogP contribution < -0.4 is 10.9 Å². The van der Waals surface area contributed by atoms with E-state index in [0.717, 1.165) is 31.9 Å². The van der Waals surface area contributed by atoms with Crippen LogP contribution in [0.25, 0.3) is 11.3 Å². The van der Waals surface area contributed by atoms with Gasteiger partial charge in [0.1, 0.15) is 5.56 Å². The maximum Gasteiger partial charge on any atom is 0.261 e. The Morgan fingerprint density at radius 1 is 1.20 bits per heavy atom. The van der Waals surface area contributed by atoms with Crippen LogP contribution in [0.4, 0.5) is 0 Å². The fourth-order valence-electron chi connectivity index (χ4n) is 2.92. The van der Waals surface area contributed by atoms with Crippen LogP contribution in [0.1, 0.15) is 17.3 Å². The molecule has 6 nitrogen and oxygen atoms in total. The zero-order valence-electron chi connectivity index (χ0n) is 14.3. The van der Waals surface area contributed by atoms with Crippen LogP contribution in [-0.2, 0) is 4.74 Å². The molecule has 0 saturated carbocycles. The van der Waals surface area contributed by atoms with Crippen molar-refractivity contribution in [3.05, 3.63) is 58.4 Å². The molecule has 1 aromatic heterocycles. The van der Waals surface area contributed by atoms with E-state index in [0.29, 0.717) is 12.2 Å². The molecule has 0 aliphatic carbocycles. The number of aromatic amines is 1.